The van der Waals surface area contributed by atoms with Crippen molar-refractivity contribution in [3.8, 4) is 11.5 Å². The lowest BCUT2D eigenvalue weighted by Gasteiger charge is -2.16. The number of unbranched alkanes of at least 4 members (excludes halogenated alkanes) is 22. The average Bonchev–Trinajstić information content (AvgIpc) is 3.01. The van der Waals surface area contributed by atoms with E-state index in [2.05, 4.69) is 26.0 Å². The van der Waals surface area contributed by atoms with Crippen LogP contribution >= 0.6 is 0 Å². The van der Waals surface area contributed by atoms with E-state index in [4.69, 9.17) is 0 Å². The second kappa shape index (κ2) is 25.4. The standard InChI is InChI=1S/C41H68O2/c1-3-5-7-9-11-13-15-17-19-21-23-25-29-36-31-27-33-40(42)38(36)35-39-37(32-28-34-41(39)43)30-26-24-22-20-18-16-14-12-10-8-6-4-2/h27-28,31-34,42-43H,3-26,29-30,35H2,1-2H3. The molecule has 0 aliphatic carbocycles. The van der Waals surface area contributed by atoms with Crippen LogP contribution in [0, 0.1) is 0 Å². The monoisotopic (exact) mass is 593 g/mol. The molecule has 0 unspecified atom stereocenters. The zero-order valence-corrected chi connectivity index (χ0v) is 28.5. The van der Waals surface area contributed by atoms with Gasteiger partial charge in [0, 0.05) is 17.5 Å². The number of hydrogen-bond donors (Lipinski definition) is 2. The molecule has 2 rings (SSSR count). The summed E-state index contributed by atoms with van der Waals surface area (Å²) in [5.74, 6) is 0.743. The molecule has 2 nitrogen and oxygen atoms in total. The van der Waals surface area contributed by atoms with Crippen LogP contribution in [-0.4, -0.2) is 10.2 Å². The van der Waals surface area contributed by atoms with E-state index < -0.39 is 0 Å². The highest BCUT2D eigenvalue weighted by Gasteiger charge is 2.14. The molecule has 2 aromatic carbocycles. The number of phenols is 2. The number of benzene rings is 2. The summed E-state index contributed by atoms with van der Waals surface area (Å²) >= 11 is 0. The van der Waals surface area contributed by atoms with Gasteiger partial charge < -0.3 is 10.2 Å². The van der Waals surface area contributed by atoms with Crippen LogP contribution < -0.4 is 0 Å². The summed E-state index contributed by atoms with van der Waals surface area (Å²) in [6.07, 6.45) is 35.1. The fraction of sp³-hybridized carbons (Fsp3) is 0.707. The van der Waals surface area contributed by atoms with Crippen molar-refractivity contribution in [3.05, 3.63) is 58.7 Å². The van der Waals surface area contributed by atoms with Gasteiger partial charge in [0.2, 0.25) is 0 Å². The first-order chi connectivity index (χ1) is 21.2. The van der Waals surface area contributed by atoms with Crippen molar-refractivity contribution in [1.29, 1.82) is 0 Å². The lowest BCUT2D eigenvalue weighted by molar-refractivity contribution is 0.460. The largest absolute Gasteiger partial charge is 0.508 e. The van der Waals surface area contributed by atoms with E-state index in [-0.39, 0.29) is 0 Å². The van der Waals surface area contributed by atoms with Crippen LogP contribution in [0.25, 0.3) is 0 Å². The predicted molar refractivity (Wildman–Crippen MR) is 189 cm³/mol. The Hall–Kier alpha value is -1.96. The Morgan fingerprint density at radius 2 is 0.651 bits per heavy atom. The van der Waals surface area contributed by atoms with Gasteiger partial charge in [0.05, 0.1) is 0 Å². The van der Waals surface area contributed by atoms with Gasteiger partial charge in [-0.3, -0.25) is 0 Å². The van der Waals surface area contributed by atoms with E-state index in [1.54, 1.807) is 0 Å². The molecule has 0 amide bonds. The molecule has 2 N–H and O–H groups in total. The third kappa shape index (κ3) is 17.2. The maximum Gasteiger partial charge on any atom is 0.119 e. The third-order valence-corrected chi connectivity index (χ3v) is 9.45. The predicted octanol–water partition coefficient (Wildman–Crippen LogP) is 13.2. The second-order valence-electron chi connectivity index (χ2n) is 13.3. The summed E-state index contributed by atoms with van der Waals surface area (Å²) in [7, 11) is 0. The molecule has 0 saturated heterocycles. The van der Waals surface area contributed by atoms with Crippen molar-refractivity contribution in [2.24, 2.45) is 0 Å². The fourth-order valence-corrected chi connectivity index (χ4v) is 6.61. The lowest BCUT2D eigenvalue weighted by atomic mass is 9.91. The molecule has 0 atom stereocenters. The fourth-order valence-electron chi connectivity index (χ4n) is 6.61. The van der Waals surface area contributed by atoms with E-state index in [0.29, 0.717) is 17.9 Å². The first-order valence-corrected chi connectivity index (χ1v) is 18.8. The molecule has 0 aromatic heterocycles. The van der Waals surface area contributed by atoms with E-state index >= 15 is 0 Å². The summed E-state index contributed by atoms with van der Waals surface area (Å²) in [6, 6.07) is 11.9. The molecule has 0 aliphatic rings. The minimum atomic E-state index is 0.371. The maximum absolute atomic E-state index is 10.8. The number of aromatic hydroxyl groups is 2. The van der Waals surface area contributed by atoms with Gasteiger partial charge in [0.1, 0.15) is 11.5 Å². The Labute approximate surface area is 267 Å². The molecule has 0 spiro atoms. The van der Waals surface area contributed by atoms with Crippen LogP contribution in [0.15, 0.2) is 36.4 Å². The van der Waals surface area contributed by atoms with Crippen molar-refractivity contribution in [3.63, 3.8) is 0 Å². The molecular weight excluding hydrogens is 524 g/mol. The van der Waals surface area contributed by atoms with Crippen molar-refractivity contribution in [2.75, 3.05) is 0 Å². The van der Waals surface area contributed by atoms with E-state index in [1.165, 1.54) is 165 Å². The van der Waals surface area contributed by atoms with E-state index in [1.807, 2.05) is 24.3 Å². The topological polar surface area (TPSA) is 40.5 Å². The third-order valence-electron chi connectivity index (χ3n) is 9.45. The highest BCUT2D eigenvalue weighted by molar-refractivity contribution is 5.48. The number of hydrogen-bond acceptors (Lipinski definition) is 2. The van der Waals surface area contributed by atoms with E-state index in [9.17, 15) is 10.2 Å². The van der Waals surface area contributed by atoms with Crippen molar-refractivity contribution in [2.45, 2.75) is 187 Å². The lowest BCUT2D eigenvalue weighted by Crippen LogP contribution is -2.01. The highest BCUT2D eigenvalue weighted by Crippen LogP contribution is 2.32. The quantitative estimate of drug-likeness (QED) is 0.0965. The first kappa shape index (κ1) is 37.2. The molecule has 0 aliphatic heterocycles. The molecule has 0 radical (unpaired) electrons. The van der Waals surface area contributed by atoms with Gasteiger partial charge in [0.15, 0.2) is 0 Å². The van der Waals surface area contributed by atoms with Crippen LogP contribution in [0.1, 0.15) is 190 Å². The number of rotatable bonds is 28. The zero-order valence-electron chi connectivity index (χ0n) is 28.5. The highest BCUT2D eigenvalue weighted by atomic mass is 16.3. The molecular formula is C41H68O2. The van der Waals surface area contributed by atoms with Gasteiger partial charge in [-0.15, -0.1) is 0 Å². The summed E-state index contributed by atoms with van der Waals surface area (Å²) in [5.41, 5.74) is 4.49. The van der Waals surface area contributed by atoms with Crippen LogP contribution in [-0.2, 0) is 19.3 Å². The zero-order chi connectivity index (χ0) is 30.8. The minimum Gasteiger partial charge on any atom is -0.508 e. The number of phenolic OH excluding ortho intramolecular Hbond substituents is 2. The van der Waals surface area contributed by atoms with Crippen LogP contribution in [0.2, 0.25) is 0 Å². The van der Waals surface area contributed by atoms with Crippen LogP contribution in [0.4, 0.5) is 0 Å². The van der Waals surface area contributed by atoms with Crippen LogP contribution in [0.5, 0.6) is 11.5 Å². The van der Waals surface area contributed by atoms with Gasteiger partial charge >= 0.3 is 0 Å². The second-order valence-corrected chi connectivity index (χ2v) is 13.3. The Morgan fingerprint density at radius 3 is 0.953 bits per heavy atom. The summed E-state index contributed by atoms with van der Waals surface area (Å²) in [6.45, 7) is 4.57. The first-order valence-electron chi connectivity index (χ1n) is 18.8. The summed E-state index contributed by atoms with van der Waals surface area (Å²) in [5, 5.41) is 21.7. The summed E-state index contributed by atoms with van der Waals surface area (Å²) < 4.78 is 0. The van der Waals surface area contributed by atoms with Gasteiger partial charge in [0.25, 0.3) is 0 Å². The van der Waals surface area contributed by atoms with E-state index in [0.717, 1.165) is 24.0 Å². The number of aryl methyl sites for hydroxylation is 2. The smallest absolute Gasteiger partial charge is 0.119 e. The molecule has 0 saturated carbocycles. The van der Waals surface area contributed by atoms with Gasteiger partial charge in [-0.2, -0.15) is 0 Å². The Bertz CT molecular complexity index is 858. The maximum atomic E-state index is 10.8. The normalized spacial score (nSPS) is 11.4. The Morgan fingerprint density at radius 1 is 0.372 bits per heavy atom. The Balaban J connectivity index is 1.71. The van der Waals surface area contributed by atoms with Gasteiger partial charge in [-0.25, -0.2) is 0 Å². The summed E-state index contributed by atoms with van der Waals surface area (Å²) in [4.78, 5) is 0. The molecule has 0 heterocycles. The molecule has 0 fully saturated rings. The van der Waals surface area contributed by atoms with Crippen molar-refractivity contribution < 1.29 is 10.2 Å². The van der Waals surface area contributed by atoms with Gasteiger partial charge in [-0.1, -0.05) is 179 Å². The van der Waals surface area contributed by atoms with Gasteiger partial charge in [-0.05, 0) is 48.9 Å². The average molecular weight is 593 g/mol. The molecule has 244 valence electrons. The Kier molecular flexibility index (Phi) is 22.0. The SMILES string of the molecule is CCCCCCCCCCCCCCc1cccc(O)c1Cc1c(O)cccc1CCCCCCCCCCCCCC. The molecule has 2 heteroatoms. The van der Waals surface area contributed by atoms with Crippen molar-refractivity contribution in [1.82, 2.24) is 0 Å². The van der Waals surface area contributed by atoms with Crippen molar-refractivity contribution >= 4 is 0 Å². The molecule has 0 bridgehead atoms. The van der Waals surface area contributed by atoms with Crippen LogP contribution in [0.3, 0.4) is 0 Å². The minimum absolute atomic E-state index is 0.371. The molecule has 43 heavy (non-hydrogen) atoms. The molecule has 2 aromatic rings.